The Hall–Kier alpha value is -1.22. The largest absolute Gasteiger partial charge is 0.493 e. The molecule has 0 radical (unpaired) electrons. The summed E-state index contributed by atoms with van der Waals surface area (Å²) < 4.78 is 11.3. The maximum absolute atomic E-state index is 6.13. The highest BCUT2D eigenvalue weighted by molar-refractivity contribution is 5.47. The van der Waals surface area contributed by atoms with E-state index >= 15 is 0 Å². The van der Waals surface area contributed by atoms with Crippen molar-refractivity contribution in [1.82, 2.24) is 0 Å². The van der Waals surface area contributed by atoms with Crippen LogP contribution in [-0.4, -0.2) is 19.3 Å². The second kappa shape index (κ2) is 4.16. The molecule has 0 bridgehead atoms. The first-order chi connectivity index (χ1) is 8.65. The van der Waals surface area contributed by atoms with Gasteiger partial charge in [0.05, 0.1) is 13.2 Å². The molecule has 3 rings (SSSR count). The molecule has 1 aromatic rings. The van der Waals surface area contributed by atoms with Gasteiger partial charge in [-0.25, -0.2) is 0 Å². The van der Waals surface area contributed by atoms with Crippen LogP contribution in [0.3, 0.4) is 0 Å². The molecule has 18 heavy (non-hydrogen) atoms. The summed E-state index contributed by atoms with van der Waals surface area (Å²) in [6.45, 7) is 2.10. The second-order valence-electron chi connectivity index (χ2n) is 5.63. The molecule has 0 heterocycles. The van der Waals surface area contributed by atoms with Gasteiger partial charge in [-0.3, -0.25) is 0 Å². The van der Waals surface area contributed by atoms with Crippen molar-refractivity contribution in [3.63, 3.8) is 0 Å². The molecule has 2 saturated carbocycles. The molecule has 0 spiro atoms. The Morgan fingerprint density at radius 2 is 2.00 bits per heavy atom. The molecule has 0 aromatic heterocycles. The minimum absolute atomic E-state index is 0.175. The van der Waals surface area contributed by atoms with Crippen LogP contribution in [0.2, 0.25) is 0 Å². The van der Waals surface area contributed by atoms with E-state index in [1.165, 1.54) is 18.4 Å². The zero-order chi connectivity index (χ0) is 12.8. The van der Waals surface area contributed by atoms with Crippen molar-refractivity contribution < 1.29 is 9.47 Å². The number of hydrogen-bond donors (Lipinski definition) is 1. The molecule has 2 aliphatic rings. The summed E-state index contributed by atoms with van der Waals surface area (Å²) in [5.74, 6) is 1.70. The average Bonchev–Trinajstić information content (AvgIpc) is 3.23. The molecular formula is C15H21NO2. The zero-order valence-corrected chi connectivity index (χ0v) is 11.1. The van der Waals surface area contributed by atoms with Gasteiger partial charge in [0.2, 0.25) is 0 Å². The Morgan fingerprint density at radius 1 is 1.28 bits per heavy atom. The average molecular weight is 247 g/mol. The van der Waals surface area contributed by atoms with E-state index in [1.54, 1.807) is 7.11 Å². The van der Waals surface area contributed by atoms with E-state index in [4.69, 9.17) is 15.2 Å². The van der Waals surface area contributed by atoms with Crippen LogP contribution in [0.15, 0.2) is 18.2 Å². The number of ether oxygens (including phenoxy) is 2. The smallest absolute Gasteiger partial charge is 0.161 e. The van der Waals surface area contributed by atoms with Crippen molar-refractivity contribution in [1.29, 1.82) is 0 Å². The molecule has 3 heteroatoms. The minimum atomic E-state index is 0.175. The second-order valence-corrected chi connectivity index (χ2v) is 5.63. The Morgan fingerprint density at radius 3 is 2.50 bits per heavy atom. The van der Waals surface area contributed by atoms with Crippen molar-refractivity contribution in [3.05, 3.63) is 23.8 Å². The third kappa shape index (κ3) is 1.97. The van der Waals surface area contributed by atoms with Crippen LogP contribution >= 0.6 is 0 Å². The predicted octanol–water partition coefficient (Wildman–Crippen LogP) is 2.62. The molecule has 98 valence electrons. The van der Waals surface area contributed by atoms with E-state index in [9.17, 15) is 0 Å². The lowest BCUT2D eigenvalue weighted by atomic mass is 9.89. The molecule has 2 N–H and O–H groups in total. The van der Waals surface area contributed by atoms with Gasteiger partial charge in [0, 0.05) is 11.5 Å². The first-order valence-electron chi connectivity index (χ1n) is 6.76. The molecule has 1 unspecified atom stereocenters. The van der Waals surface area contributed by atoms with Gasteiger partial charge in [-0.15, -0.1) is 0 Å². The number of hydrogen-bond acceptors (Lipinski definition) is 3. The molecule has 3 nitrogen and oxygen atoms in total. The molecule has 1 atom stereocenters. The van der Waals surface area contributed by atoms with Crippen LogP contribution in [0.1, 0.15) is 38.2 Å². The summed E-state index contributed by atoms with van der Waals surface area (Å²) in [6.07, 6.45) is 5.07. The fourth-order valence-corrected chi connectivity index (χ4v) is 2.59. The Kier molecular flexibility index (Phi) is 2.74. The zero-order valence-electron chi connectivity index (χ0n) is 11.1. The van der Waals surface area contributed by atoms with Gasteiger partial charge in [-0.2, -0.15) is 0 Å². The maximum atomic E-state index is 6.13. The van der Waals surface area contributed by atoms with Crippen LogP contribution in [0.25, 0.3) is 0 Å². The van der Waals surface area contributed by atoms with Crippen LogP contribution in [-0.2, 0) is 5.41 Å². The molecule has 0 saturated heterocycles. The summed E-state index contributed by atoms with van der Waals surface area (Å²) in [4.78, 5) is 0. The Bertz CT molecular complexity index is 448. The van der Waals surface area contributed by atoms with Gasteiger partial charge in [0.1, 0.15) is 0 Å². The monoisotopic (exact) mass is 247 g/mol. The summed E-state index contributed by atoms with van der Waals surface area (Å²) in [7, 11) is 1.69. The molecular weight excluding hydrogens is 226 g/mol. The van der Waals surface area contributed by atoms with Crippen LogP contribution in [0.4, 0.5) is 0 Å². The highest BCUT2D eigenvalue weighted by atomic mass is 16.5. The third-order valence-corrected chi connectivity index (χ3v) is 4.22. The Labute approximate surface area is 108 Å². The van der Waals surface area contributed by atoms with E-state index in [2.05, 4.69) is 19.1 Å². The fourth-order valence-electron chi connectivity index (χ4n) is 2.59. The summed E-state index contributed by atoms with van der Waals surface area (Å²) in [6, 6.07) is 6.47. The van der Waals surface area contributed by atoms with Gasteiger partial charge >= 0.3 is 0 Å². The lowest BCUT2D eigenvalue weighted by Crippen LogP contribution is -2.31. The number of rotatable bonds is 5. The number of methoxy groups -OCH3 is 1. The van der Waals surface area contributed by atoms with E-state index in [0.29, 0.717) is 6.10 Å². The predicted molar refractivity (Wildman–Crippen MR) is 71.2 cm³/mol. The fraction of sp³-hybridized carbons (Fsp3) is 0.600. The highest BCUT2D eigenvalue weighted by Gasteiger charge is 2.47. The van der Waals surface area contributed by atoms with E-state index in [1.807, 2.05) is 6.07 Å². The van der Waals surface area contributed by atoms with Gasteiger partial charge in [0.25, 0.3) is 0 Å². The summed E-state index contributed by atoms with van der Waals surface area (Å²) in [5, 5.41) is 0. The first kappa shape index (κ1) is 11.8. The van der Waals surface area contributed by atoms with E-state index in [-0.39, 0.29) is 11.5 Å². The minimum Gasteiger partial charge on any atom is -0.493 e. The van der Waals surface area contributed by atoms with Crippen molar-refractivity contribution in [3.8, 4) is 11.5 Å². The summed E-state index contributed by atoms with van der Waals surface area (Å²) in [5.41, 5.74) is 7.60. The lowest BCUT2D eigenvalue weighted by Gasteiger charge is -2.21. The van der Waals surface area contributed by atoms with Gasteiger partial charge in [0.15, 0.2) is 11.5 Å². The maximum Gasteiger partial charge on any atom is 0.161 e. The molecule has 0 amide bonds. The number of benzene rings is 1. The van der Waals surface area contributed by atoms with E-state index < -0.39 is 0 Å². The molecule has 1 aromatic carbocycles. The van der Waals surface area contributed by atoms with Crippen LogP contribution in [0.5, 0.6) is 11.5 Å². The standard InChI is InChI=1S/C15H21NO2/c1-10(16)15(7-8-15)11-3-6-13(17-2)14(9-11)18-12-4-5-12/h3,6,9-10,12H,4-5,7-8,16H2,1-2H3. The topological polar surface area (TPSA) is 44.5 Å². The SMILES string of the molecule is COc1ccc(C2(C(C)N)CC2)cc1OC1CC1. The van der Waals surface area contributed by atoms with Gasteiger partial charge in [-0.05, 0) is 50.3 Å². The van der Waals surface area contributed by atoms with Gasteiger partial charge in [-0.1, -0.05) is 6.07 Å². The molecule has 2 fully saturated rings. The van der Waals surface area contributed by atoms with Gasteiger partial charge < -0.3 is 15.2 Å². The van der Waals surface area contributed by atoms with E-state index in [0.717, 1.165) is 24.3 Å². The van der Waals surface area contributed by atoms with Crippen molar-refractivity contribution >= 4 is 0 Å². The molecule has 0 aliphatic heterocycles. The van der Waals surface area contributed by atoms with Crippen molar-refractivity contribution in [2.75, 3.05) is 7.11 Å². The molecule has 2 aliphatic carbocycles. The van der Waals surface area contributed by atoms with Crippen molar-refractivity contribution in [2.45, 2.75) is 50.2 Å². The number of nitrogens with two attached hydrogens (primary N) is 1. The third-order valence-electron chi connectivity index (χ3n) is 4.22. The quantitative estimate of drug-likeness (QED) is 0.870. The van der Waals surface area contributed by atoms with Crippen LogP contribution < -0.4 is 15.2 Å². The first-order valence-corrected chi connectivity index (χ1v) is 6.76. The van der Waals surface area contributed by atoms with Crippen molar-refractivity contribution in [2.24, 2.45) is 5.73 Å². The Balaban J connectivity index is 1.91. The lowest BCUT2D eigenvalue weighted by molar-refractivity contribution is 0.281. The highest BCUT2D eigenvalue weighted by Crippen LogP contribution is 2.52. The van der Waals surface area contributed by atoms with Crippen LogP contribution in [0, 0.1) is 0 Å². The summed E-state index contributed by atoms with van der Waals surface area (Å²) >= 11 is 0. The normalized spacial score (nSPS) is 22.4.